The van der Waals surface area contributed by atoms with E-state index in [1.807, 2.05) is 6.20 Å². The molecule has 7 heteroatoms. The topological polar surface area (TPSA) is 84.6 Å². The Bertz CT molecular complexity index is 1470. The normalized spacial score (nSPS) is 45.6. The van der Waals surface area contributed by atoms with E-state index < -0.39 is 18.0 Å². The second-order valence-electron chi connectivity index (χ2n) is 16.7. The van der Waals surface area contributed by atoms with Gasteiger partial charge in [0.05, 0.1) is 41.8 Å². The molecule has 2 bridgehead atoms. The number of carboxylic acids is 1. The number of thiophene rings is 1. The number of carbonyl (C=O) groups is 1. The van der Waals surface area contributed by atoms with Crippen LogP contribution in [0.2, 0.25) is 0 Å². The van der Waals surface area contributed by atoms with Crippen LogP contribution in [-0.4, -0.2) is 45.3 Å². The Balaban J connectivity index is 1.34. The van der Waals surface area contributed by atoms with E-state index in [4.69, 9.17) is 9.84 Å². The highest BCUT2D eigenvalue weighted by Gasteiger charge is 2.71. The van der Waals surface area contributed by atoms with Gasteiger partial charge < -0.3 is 14.9 Å². The monoisotopic (exact) mass is 620 g/mol. The van der Waals surface area contributed by atoms with E-state index in [1.165, 1.54) is 10.5 Å². The maximum Gasteiger partial charge on any atom is 0.307 e. The molecule has 2 N–H and O–H groups in total. The molecule has 0 amide bonds. The van der Waals surface area contributed by atoms with Gasteiger partial charge in [-0.1, -0.05) is 66.2 Å². The summed E-state index contributed by atoms with van der Waals surface area (Å²) in [6, 6.07) is 6.14. The van der Waals surface area contributed by atoms with Crippen LogP contribution in [-0.2, 0) is 9.53 Å². The molecule has 7 rings (SSSR count). The first-order chi connectivity index (χ1) is 20.7. The second kappa shape index (κ2) is 10.0. The molecular formula is C37H52N2O4S. The zero-order valence-electron chi connectivity index (χ0n) is 27.7. The number of allylic oxidation sites excluding steroid dienone is 1. The van der Waals surface area contributed by atoms with Gasteiger partial charge in [-0.3, -0.25) is 9.48 Å². The van der Waals surface area contributed by atoms with E-state index in [0.717, 1.165) is 44.2 Å². The summed E-state index contributed by atoms with van der Waals surface area (Å²) in [5.74, 6) is 0.384. The maximum atomic E-state index is 13.4. The minimum absolute atomic E-state index is 0.122. The highest BCUT2D eigenvalue weighted by molar-refractivity contribution is 7.13. The number of carboxylic acid groups (broad SMARTS) is 1. The molecule has 6 nitrogen and oxygen atoms in total. The number of rotatable bonds is 5. The van der Waals surface area contributed by atoms with Gasteiger partial charge in [0.15, 0.2) is 0 Å². The number of aliphatic carboxylic acids is 1. The lowest BCUT2D eigenvalue weighted by atomic mass is 9.34. The third kappa shape index (κ3) is 3.78. The summed E-state index contributed by atoms with van der Waals surface area (Å²) in [6.07, 6.45) is 9.49. The number of hydrogen-bond donors (Lipinski definition) is 2. The zero-order valence-corrected chi connectivity index (χ0v) is 28.5. The highest BCUT2D eigenvalue weighted by Crippen LogP contribution is 2.75. The molecule has 1 saturated heterocycles. The third-order valence-electron chi connectivity index (χ3n) is 14.9. The van der Waals surface area contributed by atoms with Crippen molar-refractivity contribution in [2.45, 2.75) is 99.1 Å². The molecule has 4 fully saturated rings. The van der Waals surface area contributed by atoms with Crippen LogP contribution in [0, 0.1) is 56.7 Å². The predicted octanol–water partition coefficient (Wildman–Crippen LogP) is 8.10. The molecule has 3 saturated carbocycles. The molecule has 0 aromatic carbocycles. The average molecular weight is 621 g/mol. The fourth-order valence-electron chi connectivity index (χ4n) is 12.0. The Labute approximate surface area is 267 Å². The molecule has 2 aromatic heterocycles. The number of aromatic nitrogens is 2. The van der Waals surface area contributed by atoms with Crippen LogP contribution < -0.4 is 0 Å². The summed E-state index contributed by atoms with van der Waals surface area (Å²) in [7, 11) is 0. The van der Waals surface area contributed by atoms with Crippen molar-refractivity contribution in [3.05, 3.63) is 41.4 Å². The second-order valence-corrected chi connectivity index (χ2v) is 17.6. The van der Waals surface area contributed by atoms with E-state index >= 15 is 0 Å². The van der Waals surface area contributed by atoms with Crippen LogP contribution in [0.5, 0.6) is 0 Å². The lowest BCUT2D eigenvalue weighted by Crippen LogP contribution is -2.68. The third-order valence-corrected chi connectivity index (χ3v) is 15.8. The summed E-state index contributed by atoms with van der Waals surface area (Å²) in [5, 5.41) is 30.1. The van der Waals surface area contributed by atoms with Crippen LogP contribution in [0.1, 0.15) is 93.0 Å². The first-order valence-electron chi connectivity index (χ1n) is 17.0. The van der Waals surface area contributed by atoms with E-state index in [1.54, 1.807) is 11.3 Å². The number of fused-ring (bicyclic) bond motifs is 3. The summed E-state index contributed by atoms with van der Waals surface area (Å²) in [5.41, 5.74) is 1.30. The predicted molar refractivity (Wildman–Crippen MR) is 174 cm³/mol. The largest absolute Gasteiger partial charge is 0.481 e. The van der Waals surface area contributed by atoms with Crippen molar-refractivity contribution < 1.29 is 19.7 Å². The Hall–Kier alpha value is -1.96. The van der Waals surface area contributed by atoms with Crippen molar-refractivity contribution in [2.24, 2.45) is 56.7 Å². The Kier molecular flexibility index (Phi) is 6.99. The van der Waals surface area contributed by atoms with Crippen LogP contribution in [0.25, 0.3) is 10.6 Å². The van der Waals surface area contributed by atoms with Gasteiger partial charge in [-0.15, -0.1) is 11.3 Å². The zero-order chi connectivity index (χ0) is 31.4. The van der Waals surface area contributed by atoms with Crippen LogP contribution in [0.4, 0.5) is 0 Å². The van der Waals surface area contributed by atoms with Crippen LogP contribution in [0.3, 0.4) is 0 Å². The number of ether oxygens (including phenoxy) is 1. The Morgan fingerprint density at radius 1 is 1.09 bits per heavy atom. The molecule has 240 valence electrons. The lowest BCUT2D eigenvalue weighted by molar-refractivity contribution is -0.240. The molecule has 44 heavy (non-hydrogen) atoms. The van der Waals surface area contributed by atoms with Crippen molar-refractivity contribution in [1.82, 2.24) is 9.78 Å². The van der Waals surface area contributed by atoms with E-state index in [9.17, 15) is 15.0 Å². The number of hydrogen-bond acceptors (Lipinski definition) is 5. The molecule has 0 unspecified atom stereocenters. The fourth-order valence-corrected chi connectivity index (χ4v) is 12.8. The van der Waals surface area contributed by atoms with Gasteiger partial charge in [0.2, 0.25) is 0 Å². The van der Waals surface area contributed by atoms with Gasteiger partial charge in [-0.05, 0) is 96.0 Å². The van der Waals surface area contributed by atoms with E-state index in [0.29, 0.717) is 36.9 Å². The maximum absolute atomic E-state index is 13.4. The average Bonchev–Trinajstić information content (AvgIpc) is 3.67. The summed E-state index contributed by atoms with van der Waals surface area (Å²) in [6.45, 7) is 17.3. The van der Waals surface area contributed by atoms with E-state index in [-0.39, 0.29) is 33.1 Å². The van der Waals surface area contributed by atoms with Gasteiger partial charge in [0.1, 0.15) is 0 Å². The summed E-state index contributed by atoms with van der Waals surface area (Å²) in [4.78, 5) is 14.5. The molecule has 4 aliphatic carbocycles. The summed E-state index contributed by atoms with van der Waals surface area (Å²) < 4.78 is 8.62. The van der Waals surface area contributed by atoms with Gasteiger partial charge in [0.25, 0.3) is 0 Å². The molecule has 1 aliphatic heterocycles. The van der Waals surface area contributed by atoms with E-state index in [2.05, 4.69) is 82.8 Å². The molecule has 5 aliphatic rings. The first kappa shape index (κ1) is 30.7. The molecular weight excluding hydrogens is 568 g/mol. The van der Waals surface area contributed by atoms with Crippen molar-refractivity contribution in [1.29, 1.82) is 0 Å². The minimum atomic E-state index is -0.619. The Morgan fingerprint density at radius 3 is 2.55 bits per heavy atom. The van der Waals surface area contributed by atoms with Crippen LogP contribution in [0.15, 0.2) is 41.4 Å². The number of nitrogens with zero attached hydrogens (tertiary/aromatic N) is 2. The highest BCUT2D eigenvalue weighted by atomic mass is 32.1. The van der Waals surface area contributed by atoms with Crippen molar-refractivity contribution in [3.8, 4) is 10.6 Å². The van der Waals surface area contributed by atoms with Crippen molar-refractivity contribution in [3.63, 3.8) is 0 Å². The standard InChI is InChI=1S/C37H52N2O4S/c1-22(2)23(3)33(4)15-16-35(6)24-10-11-29-34(5)20-43-21-37(29,25(24)12-14-36(35,7)30(33)32(41)42)19-27(31(34)40)39-26(13-17-38-39)28-9-8-18-44-28/h8-9,12-13,17-18,22-24,27,29-31,40H,10-11,14-16,19-21H2,1-7H3,(H,41,42)/t23-,24+,27-,29+,30-,31+,33-,34-,35-,36+,37+/m1/s1. The van der Waals surface area contributed by atoms with Crippen molar-refractivity contribution in [2.75, 3.05) is 13.2 Å². The molecule has 2 aromatic rings. The van der Waals surface area contributed by atoms with Crippen LogP contribution >= 0.6 is 11.3 Å². The molecule has 3 heterocycles. The van der Waals surface area contributed by atoms with Gasteiger partial charge >= 0.3 is 5.97 Å². The number of aliphatic hydroxyl groups is 1. The van der Waals surface area contributed by atoms with Gasteiger partial charge in [-0.25, -0.2) is 0 Å². The molecule has 0 spiro atoms. The van der Waals surface area contributed by atoms with Crippen molar-refractivity contribution >= 4 is 17.3 Å². The lowest BCUT2D eigenvalue weighted by Gasteiger charge is -2.71. The minimum Gasteiger partial charge on any atom is -0.481 e. The molecule has 0 radical (unpaired) electrons. The Morgan fingerprint density at radius 2 is 1.86 bits per heavy atom. The molecule has 11 atom stereocenters. The van der Waals surface area contributed by atoms with Gasteiger partial charge in [-0.2, -0.15) is 5.10 Å². The quantitative estimate of drug-likeness (QED) is 0.330. The smallest absolute Gasteiger partial charge is 0.307 e. The van der Waals surface area contributed by atoms with Gasteiger partial charge in [0, 0.05) is 17.0 Å². The fraction of sp³-hybridized carbons (Fsp3) is 0.730. The SMILES string of the molecule is CC(C)[C@@H](C)[C@@]1(C)CC[C@]2(C)[C@H]3CC[C@@H]4[C@@]5(COC[C@@]4(C)[C@@H](O)[C@H](n4nccc4-c4cccs4)C5)C3=CC[C@@]2(C)[C@@H]1C(=O)O. The summed E-state index contributed by atoms with van der Waals surface area (Å²) >= 11 is 1.71. The first-order valence-corrected chi connectivity index (χ1v) is 17.9. The number of aliphatic hydroxyl groups excluding tert-OH is 1.